The van der Waals surface area contributed by atoms with Gasteiger partial charge in [-0.25, -0.2) is 4.79 Å². The first-order valence-corrected chi connectivity index (χ1v) is 5.44. The van der Waals surface area contributed by atoms with Crippen LogP contribution in [0.5, 0.6) is 0 Å². The number of hydrogen-bond donors (Lipinski definition) is 2. The van der Waals surface area contributed by atoms with Gasteiger partial charge in [0.25, 0.3) is 0 Å². The zero-order valence-corrected chi connectivity index (χ0v) is 9.40. The van der Waals surface area contributed by atoms with Crippen LogP contribution in [0.25, 0.3) is 0 Å². The molecule has 0 heterocycles. The molecule has 1 aliphatic carbocycles. The monoisotopic (exact) mass is 223 g/mol. The summed E-state index contributed by atoms with van der Waals surface area (Å²) in [5, 5.41) is 11.8. The van der Waals surface area contributed by atoms with Crippen molar-refractivity contribution in [3.8, 4) is 0 Å². The Labute approximate surface area is 95.3 Å². The summed E-state index contributed by atoms with van der Waals surface area (Å²) in [6.07, 6.45) is 6.14. The van der Waals surface area contributed by atoms with E-state index in [1.165, 1.54) is 0 Å². The van der Waals surface area contributed by atoms with Gasteiger partial charge in [0.2, 0.25) is 0 Å². The van der Waals surface area contributed by atoms with Crippen molar-refractivity contribution >= 4 is 5.94 Å². The third-order valence-corrected chi connectivity index (χ3v) is 2.24. The van der Waals surface area contributed by atoms with Gasteiger partial charge in [0.1, 0.15) is 11.7 Å². The van der Waals surface area contributed by atoms with Gasteiger partial charge < -0.3 is 15.2 Å². The largest absolute Gasteiger partial charge is 0.493 e. The number of aliphatic hydroxyl groups is 1. The third kappa shape index (κ3) is 3.35. The maximum atomic E-state index is 10.9. The summed E-state index contributed by atoms with van der Waals surface area (Å²) in [4.78, 5) is 10.9. The average Bonchev–Trinajstić information content (AvgIpc) is 2.30. The Morgan fingerprint density at radius 3 is 3.06 bits per heavy atom. The number of rotatable bonds is 6. The van der Waals surface area contributed by atoms with Crippen LogP contribution in [-0.4, -0.2) is 36.8 Å². The van der Waals surface area contributed by atoms with Crippen LogP contribution in [0.3, 0.4) is 0 Å². The number of carbonyl (C=O) groups excluding carboxylic acids is 1. The van der Waals surface area contributed by atoms with E-state index in [4.69, 9.17) is 9.84 Å². The minimum absolute atomic E-state index is 0.137. The second kappa shape index (κ2) is 7.01. The first-order valence-electron chi connectivity index (χ1n) is 5.44. The number of nitrogens with one attached hydrogen (secondary N) is 1. The van der Waals surface area contributed by atoms with Gasteiger partial charge in [-0.1, -0.05) is 12.2 Å². The number of allylic oxidation sites excluding steroid dienone is 2. The Bertz CT molecular complexity index is 327. The Kier molecular flexibility index (Phi) is 5.57. The van der Waals surface area contributed by atoms with Gasteiger partial charge in [-0.3, -0.25) is 0 Å². The van der Waals surface area contributed by atoms with Gasteiger partial charge in [0, 0.05) is 6.61 Å². The molecule has 0 bridgehead atoms. The van der Waals surface area contributed by atoms with Crippen molar-refractivity contribution in [1.82, 2.24) is 5.32 Å². The zero-order valence-electron chi connectivity index (χ0n) is 9.40. The summed E-state index contributed by atoms with van der Waals surface area (Å²) < 4.78 is 5.34. The molecule has 16 heavy (non-hydrogen) atoms. The van der Waals surface area contributed by atoms with Crippen molar-refractivity contribution in [2.24, 2.45) is 0 Å². The SMILES string of the molecule is CCOC1=CC=CC(NCCCO)C1=C=O. The van der Waals surface area contributed by atoms with Gasteiger partial charge in [0.15, 0.2) is 0 Å². The van der Waals surface area contributed by atoms with E-state index in [0.29, 0.717) is 30.9 Å². The van der Waals surface area contributed by atoms with Crippen molar-refractivity contribution in [2.45, 2.75) is 19.4 Å². The van der Waals surface area contributed by atoms with Crippen LogP contribution in [0.2, 0.25) is 0 Å². The Balaban J connectivity index is 2.63. The number of hydrogen-bond acceptors (Lipinski definition) is 4. The number of aliphatic hydroxyl groups excluding tert-OH is 1. The Morgan fingerprint density at radius 2 is 2.44 bits per heavy atom. The fourth-order valence-electron chi connectivity index (χ4n) is 1.50. The molecule has 0 aliphatic heterocycles. The maximum Gasteiger partial charge on any atom is 0.135 e. The summed E-state index contributed by atoms with van der Waals surface area (Å²) in [5.74, 6) is 2.48. The molecule has 0 spiro atoms. The molecule has 88 valence electrons. The van der Waals surface area contributed by atoms with Crippen LogP contribution in [0.15, 0.2) is 29.6 Å². The molecule has 0 aromatic rings. The van der Waals surface area contributed by atoms with Gasteiger partial charge in [0.05, 0.1) is 18.2 Å². The zero-order chi connectivity index (χ0) is 11.8. The first kappa shape index (κ1) is 12.7. The van der Waals surface area contributed by atoms with Crippen molar-refractivity contribution < 1.29 is 14.6 Å². The van der Waals surface area contributed by atoms with E-state index in [1.807, 2.05) is 25.0 Å². The maximum absolute atomic E-state index is 10.9. The van der Waals surface area contributed by atoms with Crippen LogP contribution in [-0.2, 0) is 9.53 Å². The van der Waals surface area contributed by atoms with E-state index in [2.05, 4.69) is 5.32 Å². The smallest absolute Gasteiger partial charge is 0.135 e. The van der Waals surface area contributed by atoms with Gasteiger partial charge in [-0.05, 0) is 26.0 Å². The standard InChI is InChI=1S/C12H17NO3/c1-2-16-12-6-3-5-11(10(12)9-15)13-7-4-8-14/h3,5-6,11,13-14H,2,4,7-8H2,1H3. The van der Waals surface area contributed by atoms with E-state index >= 15 is 0 Å². The molecule has 0 saturated carbocycles. The second-order valence-corrected chi connectivity index (χ2v) is 3.37. The average molecular weight is 223 g/mol. The highest BCUT2D eigenvalue weighted by Gasteiger charge is 2.19. The molecule has 1 aliphatic rings. The summed E-state index contributed by atoms with van der Waals surface area (Å²) >= 11 is 0. The summed E-state index contributed by atoms with van der Waals surface area (Å²) in [7, 11) is 0. The first-order chi connectivity index (χ1) is 7.83. The lowest BCUT2D eigenvalue weighted by molar-refractivity contribution is 0.233. The molecule has 4 heteroatoms. The highest BCUT2D eigenvalue weighted by molar-refractivity contribution is 5.64. The van der Waals surface area contributed by atoms with E-state index in [1.54, 1.807) is 6.08 Å². The van der Waals surface area contributed by atoms with Crippen molar-refractivity contribution in [3.63, 3.8) is 0 Å². The Morgan fingerprint density at radius 1 is 1.62 bits per heavy atom. The lowest BCUT2D eigenvalue weighted by atomic mass is 10.0. The summed E-state index contributed by atoms with van der Waals surface area (Å²) in [6.45, 7) is 3.18. The van der Waals surface area contributed by atoms with Gasteiger partial charge >= 0.3 is 0 Å². The van der Waals surface area contributed by atoms with E-state index in [9.17, 15) is 4.79 Å². The van der Waals surface area contributed by atoms with E-state index in [0.717, 1.165) is 0 Å². The van der Waals surface area contributed by atoms with Crippen LogP contribution in [0.4, 0.5) is 0 Å². The molecule has 0 aromatic heterocycles. The Hall–Kier alpha value is -1.35. The lowest BCUT2D eigenvalue weighted by Crippen LogP contribution is -2.33. The molecular weight excluding hydrogens is 206 g/mol. The minimum atomic E-state index is -0.171. The molecular formula is C12H17NO3. The number of ether oxygens (including phenoxy) is 1. The second-order valence-electron chi connectivity index (χ2n) is 3.37. The van der Waals surface area contributed by atoms with Crippen LogP contribution >= 0.6 is 0 Å². The molecule has 1 unspecified atom stereocenters. The molecule has 0 fully saturated rings. The van der Waals surface area contributed by atoms with Crippen LogP contribution < -0.4 is 5.32 Å². The quantitative estimate of drug-likeness (QED) is 0.510. The molecule has 0 saturated heterocycles. The molecule has 1 rings (SSSR count). The summed E-state index contributed by atoms with van der Waals surface area (Å²) in [6, 6.07) is -0.171. The third-order valence-electron chi connectivity index (χ3n) is 2.24. The predicted molar refractivity (Wildman–Crippen MR) is 61.5 cm³/mol. The van der Waals surface area contributed by atoms with Crippen molar-refractivity contribution in [1.29, 1.82) is 0 Å². The molecule has 0 radical (unpaired) electrons. The van der Waals surface area contributed by atoms with Gasteiger partial charge in [-0.15, -0.1) is 0 Å². The van der Waals surface area contributed by atoms with Crippen molar-refractivity contribution in [2.75, 3.05) is 19.8 Å². The highest BCUT2D eigenvalue weighted by Crippen LogP contribution is 2.18. The van der Waals surface area contributed by atoms with Gasteiger partial charge in [-0.2, -0.15) is 0 Å². The highest BCUT2D eigenvalue weighted by atomic mass is 16.5. The molecule has 4 nitrogen and oxygen atoms in total. The fourth-order valence-corrected chi connectivity index (χ4v) is 1.50. The normalized spacial score (nSPS) is 19.2. The summed E-state index contributed by atoms with van der Waals surface area (Å²) in [5.41, 5.74) is 0.488. The minimum Gasteiger partial charge on any atom is -0.493 e. The van der Waals surface area contributed by atoms with Crippen LogP contribution in [0.1, 0.15) is 13.3 Å². The van der Waals surface area contributed by atoms with Crippen molar-refractivity contribution in [3.05, 3.63) is 29.6 Å². The molecule has 2 N–H and O–H groups in total. The molecule has 1 atom stereocenters. The van der Waals surface area contributed by atoms with E-state index < -0.39 is 0 Å². The lowest BCUT2D eigenvalue weighted by Gasteiger charge is -2.20. The molecule has 0 aromatic carbocycles. The predicted octanol–water partition coefficient (Wildman–Crippen LogP) is 0.575. The molecule has 0 amide bonds. The topological polar surface area (TPSA) is 58.6 Å². The van der Waals surface area contributed by atoms with E-state index in [-0.39, 0.29) is 12.6 Å². The fraction of sp³-hybridized carbons (Fsp3) is 0.500. The van der Waals surface area contributed by atoms with Crippen LogP contribution in [0, 0.1) is 0 Å².